The highest BCUT2D eigenvalue weighted by atomic mass is 15.0. The first kappa shape index (κ1) is 12.4. The summed E-state index contributed by atoms with van der Waals surface area (Å²) in [5, 5.41) is 3.40. The maximum atomic E-state index is 4.76. The number of hydrogen-bond acceptors (Lipinski definition) is 2. The summed E-state index contributed by atoms with van der Waals surface area (Å²) in [5.41, 5.74) is 4.82. The third-order valence-corrected chi connectivity index (χ3v) is 3.94. The molecule has 0 radical (unpaired) electrons. The summed E-state index contributed by atoms with van der Waals surface area (Å²) in [6, 6.07) is 8.60. The molecule has 1 aromatic carbocycles. The average Bonchev–Trinajstić information content (AvgIpc) is 2.82. The number of piperidine rings is 1. The number of aromatic amines is 1. The molecule has 3 nitrogen and oxygen atoms in total. The van der Waals surface area contributed by atoms with E-state index in [1.54, 1.807) is 0 Å². The highest BCUT2D eigenvalue weighted by Crippen LogP contribution is 2.28. The van der Waals surface area contributed by atoms with Crippen LogP contribution >= 0.6 is 0 Å². The predicted octanol–water partition coefficient (Wildman–Crippen LogP) is 3.16. The zero-order valence-electron chi connectivity index (χ0n) is 11.7. The smallest absolute Gasteiger partial charge is 0.110 e. The van der Waals surface area contributed by atoms with Crippen molar-refractivity contribution in [3.05, 3.63) is 41.3 Å². The molecule has 19 heavy (non-hydrogen) atoms. The zero-order valence-corrected chi connectivity index (χ0v) is 11.7. The number of benzene rings is 1. The van der Waals surface area contributed by atoms with Gasteiger partial charge in [-0.15, -0.1) is 0 Å². The lowest BCUT2D eigenvalue weighted by atomic mass is 9.98. The lowest BCUT2D eigenvalue weighted by Crippen LogP contribution is -2.27. The Bertz CT molecular complexity index is 565. The average molecular weight is 255 g/mol. The predicted molar refractivity (Wildman–Crippen MR) is 78.3 cm³/mol. The van der Waals surface area contributed by atoms with Crippen molar-refractivity contribution >= 4 is 0 Å². The van der Waals surface area contributed by atoms with Crippen molar-refractivity contribution in [2.24, 2.45) is 0 Å². The molecule has 0 aliphatic carbocycles. The second-order valence-electron chi connectivity index (χ2n) is 5.48. The van der Waals surface area contributed by atoms with Gasteiger partial charge in [-0.3, -0.25) is 0 Å². The Hall–Kier alpha value is -1.61. The lowest BCUT2D eigenvalue weighted by molar-refractivity contribution is 0.447. The second-order valence-corrected chi connectivity index (χ2v) is 5.48. The fourth-order valence-electron chi connectivity index (χ4n) is 2.85. The van der Waals surface area contributed by atoms with Crippen molar-refractivity contribution < 1.29 is 0 Å². The molecular weight excluding hydrogens is 234 g/mol. The van der Waals surface area contributed by atoms with Gasteiger partial charge in [0.25, 0.3) is 0 Å². The highest BCUT2D eigenvalue weighted by molar-refractivity contribution is 5.62. The first-order chi connectivity index (χ1) is 9.24. The Kier molecular flexibility index (Phi) is 3.38. The molecule has 3 rings (SSSR count). The second kappa shape index (κ2) is 5.17. The number of aryl methyl sites for hydroxylation is 2. The van der Waals surface area contributed by atoms with Crippen LogP contribution in [0.2, 0.25) is 0 Å². The minimum Gasteiger partial charge on any atom is -0.342 e. The van der Waals surface area contributed by atoms with E-state index in [9.17, 15) is 0 Å². The molecule has 1 fully saturated rings. The number of H-pyrrole nitrogens is 1. The molecule has 0 amide bonds. The minimum atomic E-state index is 0.582. The fraction of sp³-hybridized carbons (Fsp3) is 0.438. The van der Waals surface area contributed by atoms with Gasteiger partial charge in [0.15, 0.2) is 0 Å². The van der Waals surface area contributed by atoms with Crippen LogP contribution in [0.5, 0.6) is 0 Å². The Morgan fingerprint density at radius 2 is 1.95 bits per heavy atom. The molecule has 2 heterocycles. The summed E-state index contributed by atoms with van der Waals surface area (Å²) >= 11 is 0. The number of rotatable bonds is 2. The Labute approximate surface area is 114 Å². The summed E-state index contributed by atoms with van der Waals surface area (Å²) in [4.78, 5) is 8.31. The van der Waals surface area contributed by atoms with Crippen molar-refractivity contribution in [1.82, 2.24) is 15.3 Å². The van der Waals surface area contributed by atoms with Crippen molar-refractivity contribution in [3.63, 3.8) is 0 Å². The summed E-state index contributed by atoms with van der Waals surface area (Å²) in [6.07, 6.45) is 2.36. The summed E-state index contributed by atoms with van der Waals surface area (Å²) < 4.78 is 0. The third-order valence-electron chi connectivity index (χ3n) is 3.94. The van der Waals surface area contributed by atoms with E-state index < -0.39 is 0 Å². The number of aromatic nitrogens is 2. The molecule has 1 aliphatic rings. The van der Waals surface area contributed by atoms with Gasteiger partial charge in [-0.2, -0.15) is 0 Å². The van der Waals surface area contributed by atoms with Crippen molar-refractivity contribution in [2.75, 3.05) is 13.1 Å². The van der Waals surface area contributed by atoms with E-state index in [2.05, 4.69) is 48.4 Å². The molecule has 1 aromatic heterocycles. The van der Waals surface area contributed by atoms with Crippen LogP contribution in [0.4, 0.5) is 0 Å². The molecule has 2 aromatic rings. The maximum Gasteiger partial charge on any atom is 0.110 e. The van der Waals surface area contributed by atoms with Crippen LogP contribution in [0.25, 0.3) is 11.3 Å². The van der Waals surface area contributed by atoms with Crippen LogP contribution in [0.15, 0.2) is 24.3 Å². The SMILES string of the molecule is Cc1cccc(-c2[nH]c(C3CCNCC3)nc2C)c1. The quantitative estimate of drug-likeness (QED) is 0.865. The molecule has 2 N–H and O–H groups in total. The van der Waals surface area contributed by atoms with Crippen LogP contribution in [-0.2, 0) is 0 Å². The molecule has 0 atom stereocenters. The molecule has 0 spiro atoms. The number of hydrogen-bond donors (Lipinski definition) is 2. The van der Waals surface area contributed by atoms with Gasteiger partial charge in [-0.05, 0) is 45.8 Å². The van der Waals surface area contributed by atoms with Gasteiger partial charge in [0.1, 0.15) is 5.82 Å². The lowest BCUT2D eigenvalue weighted by Gasteiger charge is -2.20. The van der Waals surface area contributed by atoms with E-state index in [0.717, 1.165) is 24.6 Å². The molecule has 1 saturated heterocycles. The normalized spacial score (nSPS) is 16.7. The van der Waals surface area contributed by atoms with Crippen LogP contribution in [-0.4, -0.2) is 23.1 Å². The molecule has 0 bridgehead atoms. The Morgan fingerprint density at radius 3 is 2.68 bits per heavy atom. The maximum absolute atomic E-state index is 4.76. The summed E-state index contributed by atoms with van der Waals surface area (Å²) in [7, 11) is 0. The Morgan fingerprint density at radius 1 is 1.16 bits per heavy atom. The summed E-state index contributed by atoms with van der Waals surface area (Å²) in [5.74, 6) is 1.74. The van der Waals surface area contributed by atoms with Gasteiger partial charge in [0.2, 0.25) is 0 Å². The van der Waals surface area contributed by atoms with Gasteiger partial charge < -0.3 is 10.3 Å². The molecule has 0 unspecified atom stereocenters. The van der Waals surface area contributed by atoms with Crippen LogP contribution < -0.4 is 5.32 Å². The Balaban J connectivity index is 1.92. The van der Waals surface area contributed by atoms with E-state index in [0.29, 0.717) is 5.92 Å². The first-order valence-electron chi connectivity index (χ1n) is 7.08. The largest absolute Gasteiger partial charge is 0.342 e. The van der Waals surface area contributed by atoms with Crippen LogP contribution in [0, 0.1) is 13.8 Å². The number of imidazole rings is 1. The standard InChI is InChI=1S/C16H21N3/c1-11-4-3-5-14(10-11)15-12(2)18-16(19-15)13-6-8-17-9-7-13/h3-5,10,13,17H,6-9H2,1-2H3,(H,18,19). The first-order valence-corrected chi connectivity index (χ1v) is 7.08. The van der Waals surface area contributed by atoms with Crippen molar-refractivity contribution in [3.8, 4) is 11.3 Å². The van der Waals surface area contributed by atoms with Gasteiger partial charge in [0, 0.05) is 11.5 Å². The van der Waals surface area contributed by atoms with E-state index in [-0.39, 0.29) is 0 Å². The number of nitrogens with one attached hydrogen (secondary N) is 2. The van der Waals surface area contributed by atoms with Crippen LogP contribution in [0.1, 0.15) is 35.8 Å². The van der Waals surface area contributed by atoms with Crippen molar-refractivity contribution in [2.45, 2.75) is 32.6 Å². The molecule has 3 heteroatoms. The van der Waals surface area contributed by atoms with Gasteiger partial charge in [-0.1, -0.05) is 23.8 Å². The third kappa shape index (κ3) is 2.56. The molecular formula is C16H21N3. The topological polar surface area (TPSA) is 40.7 Å². The van der Waals surface area contributed by atoms with E-state index >= 15 is 0 Å². The zero-order chi connectivity index (χ0) is 13.2. The minimum absolute atomic E-state index is 0.582. The van der Waals surface area contributed by atoms with Crippen LogP contribution in [0.3, 0.4) is 0 Å². The van der Waals surface area contributed by atoms with Gasteiger partial charge in [0.05, 0.1) is 11.4 Å². The monoisotopic (exact) mass is 255 g/mol. The van der Waals surface area contributed by atoms with Crippen molar-refractivity contribution in [1.29, 1.82) is 0 Å². The molecule has 1 aliphatic heterocycles. The van der Waals surface area contributed by atoms with E-state index in [1.807, 2.05) is 0 Å². The fourth-order valence-corrected chi connectivity index (χ4v) is 2.85. The van der Waals surface area contributed by atoms with E-state index in [1.165, 1.54) is 29.7 Å². The van der Waals surface area contributed by atoms with E-state index in [4.69, 9.17) is 4.98 Å². The number of nitrogens with zero attached hydrogens (tertiary/aromatic N) is 1. The van der Waals surface area contributed by atoms with Gasteiger partial charge in [-0.25, -0.2) is 4.98 Å². The molecule has 100 valence electrons. The summed E-state index contributed by atoms with van der Waals surface area (Å²) in [6.45, 7) is 6.43. The van der Waals surface area contributed by atoms with Gasteiger partial charge >= 0.3 is 0 Å². The highest BCUT2D eigenvalue weighted by Gasteiger charge is 2.19. The molecule has 0 saturated carbocycles.